The van der Waals surface area contributed by atoms with Gasteiger partial charge in [0.25, 0.3) is 0 Å². The fourth-order valence-electron chi connectivity index (χ4n) is 3.53. The SMILES string of the molecule is CCNC(=NCc1ccc(OCC)c(F)c1)N1CCC(CN(CC)CC)C1.I. The molecule has 28 heavy (non-hydrogen) atoms. The molecule has 2 rings (SSSR count). The van der Waals surface area contributed by atoms with Crippen LogP contribution in [0, 0.1) is 11.7 Å². The van der Waals surface area contributed by atoms with Crippen molar-refractivity contribution < 1.29 is 9.13 Å². The molecule has 0 aromatic heterocycles. The first-order valence-corrected chi connectivity index (χ1v) is 10.3. The number of likely N-dealkylation sites (tertiary alicyclic amines) is 1. The van der Waals surface area contributed by atoms with Crippen molar-refractivity contribution in [2.75, 3.05) is 45.9 Å². The number of nitrogens with one attached hydrogen (secondary N) is 1. The lowest BCUT2D eigenvalue weighted by molar-refractivity contribution is 0.255. The molecule has 1 aromatic rings. The number of ether oxygens (including phenoxy) is 1. The van der Waals surface area contributed by atoms with Crippen molar-refractivity contribution in [3.8, 4) is 5.75 Å². The Balaban J connectivity index is 0.00000392. The lowest BCUT2D eigenvalue weighted by Gasteiger charge is -2.24. The maximum Gasteiger partial charge on any atom is 0.194 e. The van der Waals surface area contributed by atoms with Crippen LogP contribution in [-0.4, -0.2) is 61.6 Å². The number of hydrogen-bond donors (Lipinski definition) is 1. The van der Waals surface area contributed by atoms with E-state index in [9.17, 15) is 4.39 Å². The minimum absolute atomic E-state index is 0. The van der Waals surface area contributed by atoms with Crippen LogP contribution in [0.2, 0.25) is 0 Å². The molecule has 0 bridgehead atoms. The van der Waals surface area contributed by atoms with Crippen molar-refractivity contribution in [1.29, 1.82) is 0 Å². The lowest BCUT2D eigenvalue weighted by atomic mass is 10.1. The molecule has 0 spiro atoms. The van der Waals surface area contributed by atoms with E-state index in [1.165, 1.54) is 12.5 Å². The van der Waals surface area contributed by atoms with Gasteiger partial charge in [0.05, 0.1) is 13.2 Å². The Morgan fingerprint density at radius 1 is 1.29 bits per heavy atom. The van der Waals surface area contributed by atoms with E-state index in [1.54, 1.807) is 6.07 Å². The fraction of sp³-hybridized carbons (Fsp3) is 0.667. The molecule has 1 aromatic carbocycles. The highest BCUT2D eigenvalue weighted by atomic mass is 127. The summed E-state index contributed by atoms with van der Waals surface area (Å²) in [7, 11) is 0. The van der Waals surface area contributed by atoms with E-state index >= 15 is 0 Å². The van der Waals surface area contributed by atoms with Gasteiger partial charge < -0.3 is 19.9 Å². The predicted molar refractivity (Wildman–Crippen MR) is 125 cm³/mol. The molecule has 0 saturated carbocycles. The standard InChI is InChI=1S/C21H35FN4O.HI/c1-5-23-21(26-12-11-18(16-26)15-25(6-2)7-3)24-14-17-9-10-20(27-8-4)19(22)13-17;/h9-10,13,18H,5-8,11-12,14-16H2,1-4H3,(H,23,24);1H. The Labute approximate surface area is 186 Å². The highest BCUT2D eigenvalue weighted by molar-refractivity contribution is 14.0. The summed E-state index contributed by atoms with van der Waals surface area (Å²) in [4.78, 5) is 9.57. The number of benzene rings is 1. The van der Waals surface area contributed by atoms with Crippen LogP contribution in [0.25, 0.3) is 0 Å². The Bertz CT molecular complexity index is 610. The van der Waals surface area contributed by atoms with Crippen molar-refractivity contribution in [1.82, 2.24) is 15.1 Å². The van der Waals surface area contributed by atoms with Gasteiger partial charge in [-0.15, -0.1) is 24.0 Å². The van der Waals surface area contributed by atoms with Crippen LogP contribution in [0.15, 0.2) is 23.2 Å². The summed E-state index contributed by atoms with van der Waals surface area (Å²) in [5.74, 6) is 1.58. The van der Waals surface area contributed by atoms with Crippen molar-refractivity contribution in [2.45, 2.75) is 40.7 Å². The highest BCUT2D eigenvalue weighted by Gasteiger charge is 2.25. The van der Waals surface area contributed by atoms with E-state index in [0.717, 1.165) is 50.8 Å². The van der Waals surface area contributed by atoms with Crippen LogP contribution in [-0.2, 0) is 6.54 Å². The first kappa shape index (κ1) is 24.9. The zero-order chi connectivity index (χ0) is 19.6. The number of aliphatic imine (C=N–C) groups is 1. The Morgan fingerprint density at radius 2 is 2.04 bits per heavy atom. The number of rotatable bonds is 9. The predicted octanol–water partition coefficient (Wildman–Crippen LogP) is 3.97. The molecule has 1 aliphatic rings. The molecule has 1 atom stereocenters. The largest absolute Gasteiger partial charge is 0.491 e. The van der Waals surface area contributed by atoms with E-state index < -0.39 is 0 Å². The topological polar surface area (TPSA) is 40.1 Å². The Kier molecular flexibility index (Phi) is 11.8. The minimum atomic E-state index is -0.324. The summed E-state index contributed by atoms with van der Waals surface area (Å²) in [6, 6.07) is 5.09. The summed E-state index contributed by atoms with van der Waals surface area (Å²) >= 11 is 0. The normalized spacial score (nSPS) is 17.0. The molecule has 7 heteroatoms. The first-order chi connectivity index (χ1) is 13.1. The zero-order valence-electron chi connectivity index (χ0n) is 17.7. The van der Waals surface area contributed by atoms with Crippen LogP contribution < -0.4 is 10.1 Å². The van der Waals surface area contributed by atoms with Crippen molar-refractivity contribution >= 4 is 29.9 Å². The average Bonchev–Trinajstić information content (AvgIpc) is 3.13. The number of halogens is 2. The maximum atomic E-state index is 14.0. The fourth-order valence-corrected chi connectivity index (χ4v) is 3.53. The number of nitrogens with zero attached hydrogens (tertiary/aromatic N) is 3. The van der Waals surface area contributed by atoms with Crippen LogP contribution in [0.5, 0.6) is 5.75 Å². The third-order valence-corrected chi connectivity index (χ3v) is 5.04. The maximum absolute atomic E-state index is 14.0. The van der Waals surface area contributed by atoms with E-state index in [1.807, 2.05) is 13.0 Å². The summed E-state index contributed by atoms with van der Waals surface area (Å²) in [5, 5.41) is 3.39. The first-order valence-electron chi connectivity index (χ1n) is 10.3. The summed E-state index contributed by atoms with van der Waals surface area (Å²) in [6.07, 6.45) is 1.19. The summed E-state index contributed by atoms with van der Waals surface area (Å²) < 4.78 is 19.3. The third-order valence-electron chi connectivity index (χ3n) is 5.04. The molecule has 1 unspecified atom stereocenters. The Hall–Kier alpha value is -1.09. The molecule has 1 N–H and O–H groups in total. The van der Waals surface area contributed by atoms with Gasteiger partial charge in [-0.1, -0.05) is 19.9 Å². The van der Waals surface area contributed by atoms with E-state index in [0.29, 0.717) is 24.8 Å². The van der Waals surface area contributed by atoms with Crippen molar-refractivity contribution in [2.24, 2.45) is 10.9 Å². The Morgan fingerprint density at radius 3 is 2.64 bits per heavy atom. The summed E-state index contributed by atoms with van der Waals surface area (Å²) in [6.45, 7) is 15.5. The smallest absolute Gasteiger partial charge is 0.194 e. The van der Waals surface area contributed by atoms with Crippen molar-refractivity contribution in [3.63, 3.8) is 0 Å². The average molecular weight is 506 g/mol. The number of guanidine groups is 1. The van der Waals surface area contributed by atoms with E-state index in [4.69, 9.17) is 9.73 Å². The minimum Gasteiger partial charge on any atom is -0.491 e. The van der Waals surface area contributed by atoms with Crippen LogP contribution in [0.3, 0.4) is 0 Å². The molecule has 160 valence electrons. The van der Waals surface area contributed by atoms with Gasteiger partial charge in [0.2, 0.25) is 0 Å². The second kappa shape index (κ2) is 13.2. The molecular weight excluding hydrogens is 470 g/mol. The molecule has 1 fully saturated rings. The molecule has 0 aliphatic carbocycles. The third kappa shape index (κ3) is 7.39. The second-order valence-corrected chi connectivity index (χ2v) is 6.95. The van der Waals surface area contributed by atoms with Gasteiger partial charge in [0, 0.05) is 26.2 Å². The molecule has 1 aliphatic heterocycles. The van der Waals surface area contributed by atoms with Gasteiger partial charge in [-0.3, -0.25) is 0 Å². The monoisotopic (exact) mass is 506 g/mol. The molecular formula is C21H36FIN4O. The molecule has 0 radical (unpaired) electrons. The van der Waals surface area contributed by atoms with Crippen LogP contribution >= 0.6 is 24.0 Å². The van der Waals surface area contributed by atoms with Gasteiger partial charge in [0.15, 0.2) is 17.5 Å². The lowest BCUT2D eigenvalue weighted by Crippen LogP contribution is -2.40. The van der Waals surface area contributed by atoms with Crippen LogP contribution in [0.4, 0.5) is 4.39 Å². The van der Waals surface area contributed by atoms with Gasteiger partial charge >= 0.3 is 0 Å². The quantitative estimate of drug-likeness (QED) is 0.313. The van der Waals surface area contributed by atoms with Gasteiger partial charge in [-0.05, 0) is 57.0 Å². The molecule has 1 heterocycles. The van der Waals surface area contributed by atoms with Gasteiger partial charge in [0.1, 0.15) is 0 Å². The summed E-state index contributed by atoms with van der Waals surface area (Å²) in [5.41, 5.74) is 0.852. The number of hydrogen-bond acceptors (Lipinski definition) is 3. The molecule has 5 nitrogen and oxygen atoms in total. The van der Waals surface area contributed by atoms with Gasteiger partial charge in [-0.25, -0.2) is 9.38 Å². The highest BCUT2D eigenvalue weighted by Crippen LogP contribution is 2.20. The van der Waals surface area contributed by atoms with Gasteiger partial charge in [-0.2, -0.15) is 0 Å². The van der Waals surface area contributed by atoms with Crippen molar-refractivity contribution in [3.05, 3.63) is 29.6 Å². The second-order valence-electron chi connectivity index (χ2n) is 6.95. The van der Waals surface area contributed by atoms with E-state index in [-0.39, 0.29) is 29.8 Å². The van der Waals surface area contributed by atoms with E-state index in [2.05, 4.69) is 35.9 Å². The molecule has 1 saturated heterocycles. The molecule has 0 amide bonds. The van der Waals surface area contributed by atoms with Crippen LogP contribution in [0.1, 0.15) is 39.7 Å². The zero-order valence-corrected chi connectivity index (χ0v) is 20.0.